The van der Waals surface area contributed by atoms with Crippen LogP contribution in [0.2, 0.25) is 0 Å². The first-order chi connectivity index (χ1) is 9.08. The van der Waals surface area contributed by atoms with Crippen LogP contribution in [0.3, 0.4) is 0 Å². The van der Waals surface area contributed by atoms with Crippen LogP contribution in [0.4, 0.5) is 13.2 Å². The molecule has 0 radical (unpaired) electrons. The molecular formula is C13H12F3N3. The lowest BCUT2D eigenvalue weighted by Crippen LogP contribution is -2.23. The van der Waals surface area contributed by atoms with E-state index in [0.29, 0.717) is 17.8 Å². The standard InChI is InChI=1S/C13H12F3N3/c1-19-13(8-2-3-17-6-11(8)18-19)7-4-9(14)12(16)10(15)5-7/h4-5,17H,2-3,6H2,1H3. The van der Waals surface area contributed by atoms with Gasteiger partial charge in [-0.25, -0.2) is 13.2 Å². The van der Waals surface area contributed by atoms with Gasteiger partial charge in [0.15, 0.2) is 17.5 Å². The highest BCUT2D eigenvalue weighted by Gasteiger charge is 2.22. The second-order valence-corrected chi connectivity index (χ2v) is 4.58. The van der Waals surface area contributed by atoms with Crippen LogP contribution in [-0.2, 0) is 20.0 Å². The maximum absolute atomic E-state index is 13.3. The average Bonchev–Trinajstić information content (AvgIpc) is 2.71. The number of hydrogen-bond donors (Lipinski definition) is 1. The highest BCUT2D eigenvalue weighted by Crippen LogP contribution is 2.29. The molecule has 0 aliphatic carbocycles. The Morgan fingerprint density at radius 3 is 2.58 bits per heavy atom. The number of aromatic nitrogens is 2. The third-order valence-corrected chi connectivity index (χ3v) is 3.33. The number of nitrogens with one attached hydrogen (secondary N) is 1. The van der Waals surface area contributed by atoms with Crippen molar-refractivity contribution in [1.29, 1.82) is 0 Å². The summed E-state index contributed by atoms with van der Waals surface area (Å²) < 4.78 is 41.3. The van der Waals surface area contributed by atoms with Crippen LogP contribution < -0.4 is 5.32 Å². The van der Waals surface area contributed by atoms with Gasteiger partial charge in [-0.2, -0.15) is 5.10 Å². The summed E-state index contributed by atoms with van der Waals surface area (Å²) in [5.41, 5.74) is 2.80. The Labute approximate surface area is 108 Å². The van der Waals surface area contributed by atoms with Crippen molar-refractivity contribution >= 4 is 0 Å². The Balaban J connectivity index is 2.19. The van der Waals surface area contributed by atoms with E-state index in [1.54, 1.807) is 11.7 Å². The first kappa shape index (κ1) is 12.2. The third kappa shape index (κ3) is 1.92. The Bertz CT molecular complexity index is 626. The summed E-state index contributed by atoms with van der Waals surface area (Å²) >= 11 is 0. The van der Waals surface area contributed by atoms with Gasteiger partial charge >= 0.3 is 0 Å². The van der Waals surface area contributed by atoms with Gasteiger partial charge < -0.3 is 5.32 Å². The van der Waals surface area contributed by atoms with Crippen LogP contribution in [0.5, 0.6) is 0 Å². The Hall–Kier alpha value is -1.82. The van der Waals surface area contributed by atoms with Crippen molar-refractivity contribution in [3.05, 3.63) is 40.8 Å². The smallest absolute Gasteiger partial charge is 0.194 e. The topological polar surface area (TPSA) is 29.9 Å². The van der Waals surface area contributed by atoms with E-state index in [4.69, 9.17) is 0 Å². The molecule has 1 N–H and O–H groups in total. The SMILES string of the molecule is Cn1nc2c(c1-c1cc(F)c(F)c(F)c1)CCNC2. The molecule has 3 rings (SSSR count). The fourth-order valence-electron chi connectivity index (χ4n) is 2.50. The zero-order chi connectivity index (χ0) is 13.6. The minimum absolute atomic E-state index is 0.314. The van der Waals surface area contributed by atoms with E-state index in [-0.39, 0.29) is 0 Å². The fourth-order valence-corrected chi connectivity index (χ4v) is 2.50. The summed E-state index contributed by atoms with van der Waals surface area (Å²) in [5, 5.41) is 7.51. The maximum Gasteiger partial charge on any atom is 0.194 e. The molecular weight excluding hydrogens is 255 g/mol. The van der Waals surface area contributed by atoms with Crippen molar-refractivity contribution in [2.45, 2.75) is 13.0 Å². The number of aryl methyl sites for hydroxylation is 1. The Morgan fingerprint density at radius 2 is 1.89 bits per heavy atom. The Morgan fingerprint density at radius 1 is 1.21 bits per heavy atom. The zero-order valence-corrected chi connectivity index (χ0v) is 10.3. The summed E-state index contributed by atoms with van der Waals surface area (Å²) in [6, 6.07) is 2.02. The largest absolute Gasteiger partial charge is 0.311 e. The number of benzene rings is 1. The van der Waals surface area contributed by atoms with Crippen molar-refractivity contribution in [2.24, 2.45) is 7.05 Å². The number of hydrogen-bond acceptors (Lipinski definition) is 2. The van der Waals surface area contributed by atoms with Crippen LogP contribution >= 0.6 is 0 Å². The Kier molecular flexibility index (Phi) is 2.82. The lowest BCUT2D eigenvalue weighted by Gasteiger charge is -2.13. The molecule has 1 aromatic heterocycles. The van der Waals surface area contributed by atoms with Gasteiger partial charge in [-0.3, -0.25) is 4.68 Å². The first-order valence-corrected chi connectivity index (χ1v) is 5.98. The van der Waals surface area contributed by atoms with E-state index in [1.807, 2.05) is 0 Å². The highest BCUT2D eigenvalue weighted by molar-refractivity contribution is 5.65. The van der Waals surface area contributed by atoms with E-state index >= 15 is 0 Å². The normalized spacial score (nSPS) is 14.5. The molecule has 19 heavy (non-hydrogen) atoms. The third-order valence-electron chi connectivity index (χ3n) is 3.33. The van der Waals surface area contributed by atoms with Gasteiger partial charge in [-0.15, -0.1) is 0 Å². The van der Waals surface area contributed by atoms with Crippen molar-refractivity contribution in [3.8, 4) is 11.3 Å². The van der Waals surface area contributed by atoms with Gasteiger partial charge in [0.25, 0.3) is 0 Å². The number of rotatable bonds is 1. The fraction of sp³-hybridized carbons (Fsp3) is 0.308. The predicted molar refractivity (Wildman–Crippen MR) is 63.9 cm³/mol. The zero-order valence-electron chi connectivity index (χ0n) is 10.3. The molecule has 0 fully saturated rings. The van der Waals surface area contributed by atoms with Gasteiger partial charge in [0.05, 0.1) is 11.4 Å². The van der Waals surface area contributed by atoms with Gasteiger partial charge in [0, 0.05) is 24.7 Å². The molecule has 0 bridgehead atoms. The molecule has 2 heterocycles. The second-order valence-electron chi connectivity index (χ2n) is 4.58. The van der Waals surface area contributed by atoms with Crippen LogP contribution in [0.15, 0.2) is 12.1 Å². The quantitative estimate of drug-likeness (QED) is 0.802. The molecule has 0 atom stereocenters. The summed E-state index contributed by atoms with van der Waals surface area (Å²) in [7, 11) is 1.72. The van der Waals surface area contributed by atoms with Gasteiger partial charge in [0.2, 0.25) is 0 Å². The van der Waals surface area contributed by atoms with Crippen molar-refractivity contribution in [2.75, 3.05) is 6.54 Å². The van der Waals surface area contributed by atoms with Crippen molar-refractivity contribution in [3.63, 3.8) is 0 Å². The van der Waals surface area contributed by atoms with Crippen LogP contribution in [0.25, 0.3) is 11.3 Å². The summed E-state index contributed by atoms with van der Waals surface area (Å²) in [6.07, 6.45) is 0.735. The van der Waals surface area contributed by atoms with Crippen LogP contribution in [0, 0.1) is 17.5 Å². The monoisotopic (exact) mass is 267 g/mol. The van der Waals surface area contributed by atoms with E-state index < -0.39 is 17.5 Å². The number of fused-ring (bicyclic) bond motifs is 1. The summed E-state index contributed by atoms with van der Waals surface area (Å²) in [4.78, 5) is 0. The van der Waals surface area contributed by atoms with E-state index in [9.17, 15) is 13.2 Å². The lowest BCUT2D eigenvalue weighted by molar-refractivity contribution is 0.447. The molecule has 1 aliphatic rings. The minimum atomic E-state index is -1.44. The molecule has 3 nitrogen and oxygen atoms in total. The van der Waals surface area contributed by atoms with Crippen LogP contribution in [0.1, 0.15) is 11.3 Å². The highest BCUT2D eigenvalue weighted by atomic mass is 19.2. The second kappa shape index (κ2) is 4.38. The molecule has 2 aromatic rings. The number of nitrogens with zero attached hydrogens (tertiary/aromatic N) is 2. The van der Waals surface area contributed by atoms with Crippen molar-refractivity contribution < 1.29 is 13.2 Å². The molecule has 0 spiro atoms. The molecule has 6 heteroatoms. The number of halogens is 3. The molecule has 0 unspecified atom stereocenters. The van der Waals surface area contributed by atoms with E-state index in [0.717, 1.165) is 36.4 Å². The van der Waals surface area contributed by atoms with Gasteiger partial charge in [-0.1, -0.05) is 0 Å². The average molecular weight is 267 g/mol. The molecule has 0 saturated heterocycles. The molecule has 0 amide bonds. The molecule has 1 aliphatic heterocycles. The van der Waals surface area contributed by atoms with E-state index in [2.05, 4.69) is 10.4 Å². The summed E-state index contributed by atoms with van der Waals surface area (Å²) in [5.74, 6) is -3.81. The van der Waals surface area contributed by atoms with E-state index in [1.165, 1.54) is 0 Å². The maximum atomic E-state index is 13.3. The molecule has 1 aromatic carbocycles. The lowest BCUT2D eigenvalue weighted by atomic mass is 10.0. The van der Waals surface area contributed by atoms with Gasteiger partial charge in [-0.05, 0) is 25.1 Å². The molecule has 0 saturated carbocycles. The minimum Gasteiger partial charge on any atom is -0.311 e. The van der Waals surface area contributed by atoms with Crippen molar-refractivity contribution in [1.82, 2.24) is 15.1 Å². The first-order valence-electron chi connectivity index (χ1n) is 5.98. The predicted octanol–water partition coefficient (Wildman–Crippen LogP) is 2.15. The molecule has 100 valence electrons. The van der Waals surface area contributed by atoms with Gasteiger partial charge in [0.1, 0.15) is 0 Å². The van der Waals surface area contributed by atoms with Crippen LogP contribution in [-0.4, -0.2) is 16.3 Å². The summed E-state index contributed by atoms with van der Waals surface area (Å²) in [6.45, 7) is 1.42.